The van der Waals surface area contributed by atoms with Crippen molar-refractivity contribution in [2.75, 3.05) is 0 Å². The minimum absolute atomic E-state index is 0.324. The number of dihydropyridines is 1. The molecule has 0 amide bonds. The molecule has 0 spiro atoms. The van der Waals surface area contributed by atoms with Gasteiger partial charge in [-0.15, -0.1) is 0 Å². The first-order valence-corrected chi connectivity index (χ1v) is 10.8. The largest absolute Gasteiger partial charge is 0.357 e. The van der Waals surface area contributed by atoms with E-state index in [-0.39, 0.29) is 0 Å². The smallest absolute Gasteiger partial charge is 0.0674 e. The molecule has 152 valence electrons. The van der Waals surface area contributed by atoms with Crippen LogP contribution in [0.4, 0.5) is 0 Å². The maximum atomic E-state index is 5.17. The zero-order chi connectivity index (χ0) is 20.9. The Morgan fingerprint density at radius 3 is 2.43 bits per heavy atom. The first kappa shape index (κ1) is 20.2. The molecule has 1 N–H and O–H groups in total. The van der Waals surface area contributed by atoms with Gasteiger partial charge in [-0.3, -0.25) is 4.99 Å². The summed E-state index contributed by atoms with van der Waals surface area (Å²) in [6, 6.07) is 21.3. The van der Waals surface area contributed by atoms with Crippen LogP contribution in [0.5, 0.6) is 0 Å². The first-order chi connectivity index (χ1) is 14.7. The predicted octanol–water partition coefficient (Wildman–Crippen LogP) is 6.70. The minimum Gasteiger partial charge on any atom is -0.357 e. The van der Waals surface area contributed by atoms with Gasteiger partial charge in [0.2, 0.25) is 0 Å². The van der Waals surface area contributed by atoms with Gasteiger partial charge in [0, 0.05) is 41.8 Å². The second-order valence-electron chi connectivity index (χ2n) is 8.23. The van der Waals surface area contributed by atoms with Crippen LogP contribution in [0.25, 0.3) is 5.70 Å². The fraction of sp³-hybridized carbons (Fsp3) is 0.250. The molecule has 2 heteroatoms. The van der Waals surface area contributed by atoms with Crippen LogP contribution in [0.3, 0.4) is 0 Å². The summed E-state index contributed by atoms with van der Waals surface area (Å²) in [5.41, 5.74) is 8.80. The van der Waals surface area contributed by atoms with Gasteiger partial charge >= 0.3 is 0 Å². The minimum atomic E-state index is 0.324. The number of aliphatic imine (C=N–C) groups is 1. The van der Waals surface area contributed by atoms with Crippen molar-refractivity contribution in [2.45, 2.75) is 33.6 Å². The molecular formula is C28H30N2. The van der Waals surface area contributed by atoms with Crippen LogP contribution < -0.4 is 5.32 Å². The molecule has 2 heterocycles. The molecule has 0 aliphatic carbocycles. The van der Waals surface area contributed by atoms with Gasteiger partial charge in [-0.05, 0) is 25.0 Å². The van der Waals surface area contributed by atoms with E-state index in [1.165, 1.54) is 39.5 Å². The summed E-state index contributed by atoms with van der Waals surface area (Å²) >= 11 is 0. The highest BCUT2D eigenvalue weighted by Gasteiger charge is 2.35. The van der Waals surface area contributed by atoms with Crippen LogP contribution in [-0.4, -0.2) is 5.71 Å². The Morgan fingerprint density at radius 2 is 1.73 bits per heavy atom. The van der Waals surface area contributed by atoms with Crippen molar-refractivity contribution in [1.29, 1.82) is 0 Å². The van der Waals surface area contributed by atoms with Crippen molar-refractivity contribution in [3.8, 4) is 0 Å². The Kier molecular flexibility index (Phi) is 6.13. The molecule has 0 saturated carbocycles. The Morgan fingerprint density at radius 1 is 1.03 bits per heavy atom. The average Bonchev–Trinajstić information content (AvgIpc) is 3.09. The van der Waals surface area contributed by atoms with Crippen LogP contribution in [-0.2, 0) is 6.42 Å². The van der Waals surface area contributed by atoms with Crippen molar-refractivity contribution in [3.63, 3.8) is 0 Å². The second kappa shape index (κ2) is 9.13. The van der Waals surface area contributed by atoms with Crippen LogP contribution in [0.2, 0.25) is 0 Å². The molecule has 0 fully saturated rings. The van der Waals surface area contributed by atoms with Gasteiger partial charge in [-0.25, -0.2) is 0 Å². The van der Waals surface area contributed by atoms with E-state index < -0.39 is 0 Å². The summed E-state index contributed by atoms with van der Waals surface area (Å²) in [5, 5.41) is 3.73. The second-order valence-corrected chi connectivity index (χ2v) is 8.23. The normalized spacial score (nSPS) is 21.4. The topological polar surface area (TPSA) is 24.4 Å². The zero-order valence-corrected chi connectivity index (χ0v) is 18.1. The van der Waals surface area contributed by atoms with Gasteiger partial charge in [0.05, 0.1) is 5.70 Å². The third-order valence-corrected chi connectivity index (χ3v) is 5.93. The van der Waals surface area contributed by atoms with E-state index in [4.69, 9.17) is 4.99 Å². The highest BCUT2D eigenvalue weighted by atomic mass is 15.0. The summed E-state index contributed by atoms with van der Waals surface area (Å²) in [7, 11) is 0. The number of rotatable bonds is 6. The maximum absolute atomic E-state index is 5.17. The van der Waals surface area contributed by atoms with Crippen molar-refractivity contribution >= 4 is 11.4 Å². The lowest BCUT2D eigenvalue weighted by Gasteiger charge is -2.26. The molecule has 0 radical (unpaired) electrons. The van der Waals surface area contributed by atoms with Crippen molar-refractivity contribution in [2.24, 2.45) is 16.8 Å². The molecule has 0 bridgehead atoms. The summed E-state index contributed by atoms with van der Waals surface area (Å²) in [5.74, 6) is 0.727. The van der Waals surface area contributed by atoms with Crippen molar-refractivity contribution < 1.29 is 0 Å². The van der Waals surface area contributed by atoms with E-state index >= 15 is 0 Å². The first-order valence-electron chi connectivity index (χ1n) is 10.8. The Balaban J connectivity index is 1.70. The third-order valence-electron chi connectivity index (χ3n) is 5.93. The lowest BCUT2D eigenvalue weighted by Crippen LogP contribution is -2.25. The van der Waals surface area contributed by atoms with Crippen molar-refractivity contribution in [1.82, 2.24) is 5.32 Å². The summed E-state index contributed by atoms with van der Waals surface area (Å²) in [4.78, 5) is 5.17. The van der Waals surface area contributed by atoms with Gasteiger partial charge in [0.25, 0.3) is 0 Å². The van der Waals surface area contributed by atoms with Gasteiger partial charge in [0.1, 0.15) is 0 Å². The van der Waals surface area contributed by atoms with E-state index in [1.807, 2.05) is 0 Å². The van der Waals surface area contributed by atoms with Gasteiger partial charge < -0.3 is 5.32 Å². The van der Waals surface area contributed by atoms with E-state index in [1.54, 1.807) is 0 Å². The van der Waals surface area contributed by atoms with Crippen LogP contribution in [0.1, 0.15) is 38.3 Å². The molecule has 2 atom stereocenters. The van der Waals surface area contributed by atoms with Gasteiger partial charge in [0.15, 0.2) is 0 Å². The Hall–Kier alpha value is -3.13. The average molecular weight is 395 g/mol. The van der Waals surface area contributed by atoms with E-state index in [2.05, 4.69) is 111 Å². The number of hydrogen-bond acceptors (Lipinski definition) is 2. The van der Waals surface area contributed by atoms with Crippen molar-refractivity contribution in [3.05, 3.63) is 113 Å². The van der Waals surface area contributed by atoms with Crippen LogP contribution in [0, 0.1) is 11.8 Å². The van der Waals surface area contributed by atoms with Crippen LogP contribution >= 0.6 is 0 Å². The van der Waals surface area contributed by atoms with Gasteiger partial charge in [-0.1, -0.05) is 97.5 Å². The van der Waals surface area contributed by atoms with E-state index in [0.29, 0.717) is 11.8 Å². The number of fused-ring (bicyclic) bond motifs is 1. The maximum Gasteiger partial charge on any atom is 0.0674 e. The van der Waals surface area contributed by atoms with E-state index in [0.717, 1.165) is 12.8 Å². The molecule has 0 saturated heterocycles. The fourth-order valence-corrected chi connectivity index (χ4v) is 4.24. The quantitative estimate of drug-likeness (QED) is 0.541. The number of nitrogens with one attached hydrogen (secondary N) is 1. The standard InChI is InChI=1S/C28H30N2/c1-4-5-12-20(2)17-25-21(3)24-19-26(23-15-10-7-11-16-23)29-27(28(24)30-25)18-22-13-8-6-9-14-22/h4-16,19,21,24,29H,17-18H2,1-3H3/b5-4-,20-12+. The molecule has 30 heavy (non-hydrogen) atoms. The predicted molar refractivity (Wildman–Crippen MR) is 128 cm³/mol. The summed E-state index contributed by atoms with van der Waals surface area (Å²) < 4.78 is 0. The Labute approximate surface area is 180 Å². The summed E-state index contributed by atoms with van der Waals surface area (Å²) in [6.45, 7) is 6.57. The molecule has 2 unspecified atom stereocenters. The molecular weight excluding hydrogens is 364 g/mol. The SMILES string of the molecule is C/C=C\C=C(/C)CC1=NC2=C(Cc3ccccc3)NC(c3ccccc3)=CC2C1C. The number of hydrogen-bond donors (Lipinski definition) is 1. The fourth-order valence-electron chi connectivity index (χ4n) is 4.24. The summed E-state index contributed by atoms with van der Waals surface area (Å²) in [6.07, 6.45) is 10.6. The van der Waals surface area contributed by atoms with E-state index in [9.17, 15) is 0 Å². The molecule has 2 aliphatic heterocycles. The number of allylic oxidation sites excluding steroid dienone is 6. The molecule has 2 aromatic carbocycles. The lowest BCUT2D eigenvalue weighted by atomic mass is 9.84. The molecule has 2 aliphatic rings. The highest BCUT2D eigenvalue weighted by molar-refractivity contribution is 5.93. The monoisotopic (exact) mass is 394 g/mol. The molecule has 0 aromatic heterocycles. The molecule has 2 nitrogen and oxygen atoms in total. The Bertz CT molecular complexity index is 1040. The van der Waals surface area contributed by atoms with Gasteiger partial charge in [-0.2, -0.15) is 0 Å². The lowest BCUT2D eigenvalue weighted by molar-refractivity contribution is 0.618. The zero-order valence-electron chi connectivity index (χ0n) is 18.1. The molecule has 4 rings (SSSR count). The number of benzene rings is 2. The highest BCUT2D eigenvalue weighted by Crippen LogP contribution is 2.40. The molecule has 2 aromatic rings. The number of nitrogens with zero attached hydrogens (tertiary/aromatic N) is 1. The van der Waals surface area contributed by atoms with Crippen LogP contribution in [0.15, 0.2) is 107 Å². The third kappa shape index (κ3) is 4.38.